The molecule has 0 radical (unpaired) electrons. The third-order valence-corrected chi connectivity index (χ3v) is 3.02. The van der Waals surface area contributed by atoms with Crippen molar-refractivity contribution >= 4 is 11.3 Å². The Morgan fingerprint density at radius 1 is 1.26 bits per heavy atom. The molecule has 4 heteroatoms. The van der Waals surface area contributed by atoms with Gasteiger partial charge in [-0.05, 0) is 36.8 Å². The van der Waals surface area contributed by atoms with Crippen LogP contribution >= 0.6 is 0 Å². The highest BCUT2D eigenvalue weighted by Crippen LogP contribution is 2.17. The van der Waals surface area contributed by atoms with Crippen molar-refractivity contribution in [3.05, 3.63) is 60.0 Å². The lowest BCUT2D eigenvalue weighted by molar-refractivity contribution is 0.300. The number of nitrogen functional groups attached to an aromatic ring is 1. The summed E-state index contributed by atoms with van der Waals surface area (Å²) in [5.41, 5.74) is 9.47. The van der Waals surface area contributed by atoms with E-state index in [4.69, 9.17) is 10.5 Å². The fourth-order valence-corrected chi connectivity index (χ4v) is 2.05. The standard InChI is InChI=1S/C15H15N3O/c1-11-4-2-5-13(8-11)19-10-12-9-17-15-14(16)6-3-7-18(12)15/h2-9H,10,16H2,1H3. The molecule has 0 aliphatic rings. The van der Waals surface area contributed by atoms with Crippen LogP contribution in [0.5, 0.6) is 5.75 Å². The Bertz CT molecular complexity index is 718. The molecule has 0 unspecified atom stereocenters. The molecule has 3 aromatic rings. The Hall–Kier alpha value is -2.49. The number of aromatic nitrogens is 2. The zero-order valence-electron chi connectivity index (χ0n) is 10.7. The maximum absolute atomic E-state index is 5.87. The molecule has 0 atom stereocenters. The topological polar surface area (TPSA) is 52.5 Å². The Labute approximate surface area is 111 Å². The number of pyridine rings is 1. The zero-order valence-corrected chi connectivity index (χ0v) is 10.7. The number of hydrogen-bond acceptors (Lipinski definition) is 3. The zero-order chi connectivity index (χ0) is 13.2. The van der Waals surface area contributed by atoms with Crippen molar-refractivity contribution in [1.29, 1.82) is 0 Å². The highest BCUT2D eigenvalue weighted by molar-refractivity contribution is 5.64. The lowest BCUT2D eigenvalue weighted by atomic mass is 10.2. The molecule has 96 valence electrons. The quantitative estimate of drug-likeness (QED) is 0.781. The van der Waals surface area contributed by atoms with Gasteiger partial charge in [-0.3, -0.25) is 4.40 Å². The second-order valence-electron chi connectivity index (χ2n) is 4.51. The minimum atomic E-state index is 0.466. The Morgan fingerprint density at radius 2 is 2.16 bits per heavy atom. The molecule has 0 spiro atoms. The van der Waals surface area contributed by atoms with Crippen molar-refractivity contribution in [3.63, 3.8) is 0 Å². The number of nitrogens with two attached hydrogens (primary N) is 1. The van der Waals surface area contributed by atoms with Crippen LogP contribution < -0.4 is 10.5 Å². The summed E-state index contributed by atoms with van der Waals surface area (Å²) in [6.07, 6.45) is 3.73. The molecule has 3 rings (SSSR count). The monoisotopic (exact) mass is 253 g/mol. The number of benzene rings is 1. The minimum Gasteiger partial charge on any atom is -0.487 e. The normalized spacial score (nSPS) is 10.8. The van der Waals surface area contributed by atoms with Crippen molar-refractivity contribution in [2.75, 3.05) is 5.73 Å². The molecule has 4 nitrogen and oxygen atoms in total. The predicted molar refractivity (Wildman–Crippen MR) is 75.1 cm³/mol. The number of nitrogens with zero attached hydrogens (tertiary/aromatic N) is 2. The first-order valence-electron chi connectivity index (χ1n) is 6.14. The van der Waals surface area contributed by atoms with Gasteiger partial charge in [-0.25, -0.2) is 4.98 Å². The first kappa shape index (κ1) is 11.6. The number of imidazole rings is 1. The lowest BCUT2D eigenvalue weighted by Crippen LogP contribution is -2.00. The first-order valence-corrected chi connectivity index (χ1v) is 6.14. The predicted octanol–water partition coefficient (Wildman–Crippen LogP) is 2.80. The van der Waals surface area contributed by atoms with E-state index in [1.807, 2.05) is 53.9 Å². The third-order valence-electron chi connectivity index (χ3n) is 3.02. The molecule has 0 amide bonds. The molecule has 2 N–H and O–H groups in total. The Kier molecular flexibility index (Phi) is 2.83. The molecule has 0 aliphatic heterocycles. The van der Waals surface area contributed by atoms with E-state index in [1.54, 1.807) is 6.20 Å². The van der Waals surface area contributed by atoms with Gasteiger partial charge in [0.1, 0.15) is 12.4 Å². The molecule has 0 saturated heterocycles. The van der Waals surface area contributed by atoms with Crippen LogP contribution in [0.3, 0.4) is 0 Å². The summed E-state index contributed by atoms with van der Waals surface area (Å²) in [6.45, 7) is 2.51. The number of hydrogen-bond donors (Lipinski definition) is 1. The van der Waals surface area contributed by atoms with Gasteiger partial charge in [0, 0.05) is 6.20 Å². The van der Waals surface area contributed by atoms with E-state index < -0.39 is 0 Å². The molecule has 0 aliphatic carbocycles. The average molecular weight is 253 g/mol. The van der Waals surface area contributed by atoms with Crippen molar-refractivity contribution in [2.45, 2.75) is 13.5 Å². The van der Waals surface area contributed by atoms with Gasteiger partial charge in [0.15, 0.2) is 5.65 Å². The summed E-state index contributed by atoms with van der Waals surface area (Å²) in [6, 6.07) is 11.7. The van der Waals surface area contributed by atoms with E-state index in [0.29, 0.717) is 12.3 Å². The molecule has 2 aromatic heterocycles. The van der Waals surface area contributed by atoms with Gasteiger partial charge < -0.3 is 10.5 Å². The SMILES string of the molecule is Cc1cccc(OCc2cnc3c(N)cccn23)c1. The van der Waals surface area contributed by atoms with Gasteiger partial charge in [0.2, 0.25) is 0 Å². The van der Waals surface area contributed by atoms with Crippen LogP contribution in [0, 0.1) is 6.92 Å². The molecular formula is C15H15N3O. The summed E-state index contributed by atoms with van der Waals surface area (Å²) in [5.74, 6) is 0.860. The van der Waals surface area contributed by atoms with E-state index in [9.17, 15) is 0 Å². The molecule has 19 heavy (non-hydrogen) atoms. The van der Waals surface area contributed by atoms with Gasteiger partial charge in [0.25, 0.3) is 0 Å². The molecule has 1 aromatic carbocycles. The van der Waals surface area contributed by atoms with E-state index in [0.717, 1.165) is 17.1 Å². The lowest BCUT2D eigenvalue weighted by Gasteiger charge is -2.07. The van der Waals surface area contributed by atoms with Gasteiger partial charge >= 0.3 is 0 Å². The van der Waals surface area contributed by atoms with Crippen LogP contribution in [-0.4, -0.2) is 9.38 Å². The number of fused-ring (bicyclic) bond motifs is 1. The van der Waals surface area contributed by atoms with Crippen LogP contribution in [0.2, 0.25) is 0 Å². The van der Waals surface area contributed by atoms with Gasteiger partial charge in [-0.15, -0.1) is 0 Å². The number of anilines is 1. The number of aryl methyl sites for hydroxylation is 1. The van der Waals surface area contributed by atoms with Crippen LogP contribution in [0.4, 0.5) is 5.69 Å². The number of rotatable bonds is 3. The van der Waals surface area contributed by atoms with Crippen LogP contribution in [-0.2, 0) is 6.61 Å². The van der Waals surface area contributed by atoms with Crippen molar-refractivity contribution in [2.24, 2.45) is 0 Å². The molecule has 0 saturated carbocycles. The second kappa shape index (κ2) is 4.65. The fraction of sp³-hybridized carbons (Fsp3) is 0.133. The summed E-state index contributed by atoms with van der Waals surface area (Å²) in [5, 5.41) is 0. The molecule has 2 heterocycles. The minimum absolute atomic E-state index is 0.466. The van der Waals surface area contributed by atoms with Crippen LogP contribution in [0.25, 0.3) is 5.65 Å². The molecule has 0 bridgehead atoms. The smallest absolute Gasteiger partial charge is 0.160 e. The van der Waals surface area contributed by atoms with Gasteiger partial charge in [-0.2, -0.15) is 0 Å². The molecular weight excluding hydrogens is 238 g/mol. The largest absolute Gasteiger partial charge is 0.487 e. The highest BCUT2D eigenvalue weighted by atomic mass is 16.5. The van der Waals surface area contributed by atoms with Crippen molar-refractivity contribution in [3.8, 4) is 5.75 Å². The highest BCUT2D eigenvalue weighted by Gasteiger charge is 2.06. The van der Waals surface area contributed by atoms with E-state index in [-0.39, 0.29) is 0 Å². The van der Waals surface area contributed by atoms with E-state index >= 15 is 0 Å². The third kappa shape index (κ3) is 2.25. The average Bonchev–Trinajstić information content (AvgIpc) is 2.81. The molecule has 0 fully saturated rings. The van der Waals surface area contributed by atoms with Gasteiger partial charge in [-0.1, -0.05) is 12.1 Å². The number of ether oxygens (including phenoxy) is 1. The Balaban J connectivity index is 1.84. The van der Waals surface area contributed by atoms with Crippen molar-refractivity contribution < 1.29 is 4.74 Å². The van der Waals surface area contributed by atoms with Crippen LogP contribution in [0.1, 0.15) is 11.3 Å². The summed E-state index contributed by atoms with van der Waals surface area (Å²) in [7, 11) is 0. The van der Waals surface area contributed by atoms with E-state index in [1.165, 1.54) is 5.56 Å². The van der Waals surface area contributed by atoms with Gasteiger partial charge in [0.05, 0.1) is 17.6 Å². The maximum Gasteiger partial charge on any atom is 0.160 e. The van der Waals surface area contributed by atoms with Crippen LogP contribution in [0.15, 0.2) is 48.8 Å². The summed E-state index contributed by atoms with van der Waals surface area (Å²) >= 11 is 0. The first-order chi connectivity index (χ1) is 9.24. The summed E-state index contributed by atoms with van der Waals surface area (Å²) < 4.78 is 7.73. The second-order valence-corrected chi connectivity index (χ2v) is 4.51. The summed E-state index contributed by atoms with van der Waals surface area (Å²) in [4.78, 5) is 4.31. The Morgan fingerprint density at radius 3 is 3.00 bits per heavy atom. The van der Waals surface area contributed by atoms with Crippen molar-refractivity contribution in [1.82, 2.24) is 9.38 Å². The maximum atomic E-state index is 5.87. The fourth-order valence-electron chi connectivity index (χ4n) is 2.05. The van der Waals surface area contributed by atoms with E-state index in [2.05, 4.69) is 4.98 Å².